The van der Waals surface area contributed by atoms with E-state index in [1.54, 1.807) is 0 Å². The molecule has 1 unspecified atom stereocenters. The van der Waals surface area contributed by atoms with Gasteiger partial charge in [-0.05, 0) is 62.7 Å². The van der Waals surface area contributed by atoms with E-state index in [9.17, 15) is 0 Å². The summed E-state index contributed by atoms with van der Waals surface area (Å²) in [6.45, 7) is 1.94. The van der Waals surface area contributed by atoms with Gasteiger partial charge >= 0.3 is 0 Å². The first-order valence-corrected chi connectivity index (χ1v) is 7.42. The van der Waals surface area contributed by atoms with Crippen molar-refractivity contribution in [3.05, 3.63) is 17.8 Å². The van der Waals surface area contributed by atoms with Gasteiger partial charge in [0.2, 0.25) is 5.89 Å². The average Bonchev–Trinajstić information content (AvgIpc) is 2.77. The topological polar surface area (TPSA) is 52.0 Å². The van der Waals surface area contributed by atoms with Crippen LogP contribution in [0.1, 0.15) is 62.6 Å². The first-order valence-electron chi connectivity index (χ1n) is 7.42. The van der Waals surface area contributed by atoms with Crippen LogP contribution in [-0.2, 0) is 0 Å². The second-order valence-electron chi connectivity index (χ2n) is 6.85. The highest BCUT2D eigenvalue weighted by Crippen LogP contribution is 2.59. The van der Waals surface area contributed by atoms with Crippen LogP contribution in [0.25, 0.3) is 0 Å². The fraction of sp³-hybridized carbons (Fsp3) is 0.800. The Balaban J connectivity index is 1.64. The van der Waals surface area contributed by atoms with Gasteiger partial charge in [-0.25, -0.2) is 4.98 Å². The number of rotatable bonds is 2. The molecule has 3 nitrogen and oxygen atoms in total. The largest absolute Gasteiger partial charge is 0.444 e. The number of hydrogen-bond donors (Lipinski definition) is 1. The Hall–Kier alpha value is -0.830. The Morgan fingerprint density at radius 2 is 1.78 bits per heavy atom. The molecule has 2 N–H and O–H groups in total. The lowest BCUT2D eigenvalue weighted by Crippen LogP contribution is -2.43. The van der Waals surface area contributed by atoms with Crippen molar-refractivity contribution in [3.8, 4) is 0 Å². The molecule has 0 radical (unpaired) electrons. The third kappa shape index (κ3) is 1.56. The van der Waals surface area contributed by atoms with Crippen LogP contribution in [0.2, 0.25) is 0 Å². The molecule has 0 amide bonds. The second-order valence-corrected chi connectivity index (χ2v) is 6.85. The lowest BCUT2D eigenvalue weighted by atomic mass is 9.51. The molecule has 3 heteroatoms. The Bertz CT molecular complexity index is 423. The smallest absolute Gasteiger partial charge is 0.211 e. The first kappa shape index (κ1) is 11.0. The summed E-state index contributed by atoms with van der Waals surface area (Å²) in [5.41, 5.74) is 5.85. The fourth-order valence-corrected chi connectivity index (χ4v) is 5.06. The Morgan fingerprint density at radius 3 is 2.28 bits per heavy atom. The lowest BCUT2D eigenvalue weighted by Gasteiger charge is -2.53. The van der Waals surface area contributed by atoms with E-state index < -0.39 is 0 Å². The van der Waals surface area contributed by atoms with E-state index in [1.165, 1.54) is 32.1 Å². The maximum Gasteiger partial charge on any atom is 0.211 e. The zero-order chi connectivity index (χ0) is 12.3. The average molecular weight is 246 g/mol. The van der Waals surface area contributed by atoms with Crippen molar-refractivity contribution >= 4 is 0 Å². The molecule has 4 aliphatic rings. The van der Waals surface area contributed by atoms with Gasteiger partial charge in [-0.2, -0.15) is 0 Å². The minimum Gasteiger partial charge on any atom is -0.444 e. The predicted molar refractivity (Wildman–Crippen MR) is 68.9 cm³/mol. The van der Waals surface area contributed by atoms with Gasteiger partial charge in [-0.15, -0.1) is 0 Å². The Labute approximate surface area is 108 Å². The monoisotopic (exact) mass is 246 g/mol. The molecular formula is C15H22N2O. The van der Waals surface area contributed by atoms with E-state index in [1.807, 2.05) is 13.1 Å². The molecule has 18 heavy (non-hydrogen) atoms. The molecule has 98 valence electrons. The minimum absolute atomic E-state index is 0.0874. The summed E-state index contributed by atoms with van der Waals surface area (Å²) in [5.74, 6) is 6.21. The molecule has 0 aliphatic heterocycles. The SMILES string of the molecule is CC(N)c1ncc(C2C3CC4CC(C3)CC2C4)o1. The van der Waals surface area contributed by atoms with Gasteiger partial charge in [0.05, 0.1) is 12.2 Å². The summed E-state index contributed by atoms with van der Waals surface area (Å²) >= 11 is 0. The van der Waals surface area contributed by atoms with Crippen LogP contribution in [0, 0.1) is 23.7 Å². The number of aromatic nitrogens is 1. The van der Waals surface area contributed by atoms with Gasteiger partial charge in [0.15, 0.2) is 0 Å². The number of nitrogens with zero attached hydrogens (tertiary/aromatic N) is 1. The summed E-state index contributed by atoms with van der Waals surface area (Å²) in [6.07, 6.45) is 9.14. The van der Waals surface area contributed by atoms with Crippen LogP contribution in [0.4, 0.5) is 0 Å². The van der Waals surface area contributed by atoms with Crippen LogP contribution >= 0.6 is 0 Å². The van der Waals surface area contributed by atoms with E-state index in [4.69, 9.17) is 10.2 Å². The normalized spacial score (nSPS) is 43.3. The molecule has 0 aromatic carbocycles. The zero-order valence-electron chi connectivity index (χ0n) is 11.0. The summed E-state index contributed by atoms with van der Waals surface area (Å²) < 4.78 is 5.93. The van der Waals surface area contributed by atoms with Crippen molar-refractivity contribution in [1.29, 1.82) is 0 Å². The van der Waals surface area contributed by atoms with Gasteiger partial charge in [0, 0.05) is 5.92 Å². The molecule has 1 heterocycles. The van der Waals surface area contributed by atoms with Crippen molar-refractivity contribution in [1.82, 2.24) is 4.98 Å². The molecule has 4 fully saturated rings. The highest BCUT2D eigenvalue weighted by Gasteiger charge is 2.49. The van der Waals surface area contributed by atoms with Gasteiger partial charge in [0.25, 0.3) is 0 Å². The molecule has 1 atom stereocenters. The van der Waals surface area contributed by atoms with Crippen molar-refractivity contribution < 1.29 is 4.42 Å². The third-order valence-electron chi connectivity index (χ3n) is 5.49. The molecule has 0 saturated heterocycles. The van der Waals surface area contributed by atoms with Crippen LogP contribution in [0.5, 0.6) is 0 Å². The van der Waals surface area contributed by atoms with Crippen LogP contribution < -0.4 is 5.73 Å². The number of nitrogens with two attached hydrogens (primary N) is 1. The Morgan fingerprint density at radius 1 is 1.17 bits per heavy atom. The zero-order valence-corrected chi connectivity index (χ0v) is 11.0. The molecule has 4 saturated carbocycles. The molecule has 4 bridgehead atoms. The van der Waals surface area contributed by atoms with Crippen LogP contribution in [0.3, 0.4) is 0 Å². The highest BCUT2D eigenvalue weighted by atomic mass is 16.4. The van der Waals surface area contributed by atoms with E-state index in [0.717, 1.165) is 29.4 Å². The standard InChI is InChI=1S/C15H22N2O/c1-8(16)15-17-7-13(18-15)14-11-3-9-2-10(5-11)6-12(14)4-9/h7-12,14H,2-6,16H2,1H3. The van der Waals surface area contributed by atoms with Gasteiger partial charge < -0.3 is 10.2 Å². The predicted octanol–water partition coefficient (Wildman–Crippen LogP) is 3.23. The summed E-state index contributed by atoms with van der Waals surface area (Å²) in [7, 11) is 0. The van der Waals surface area contributed by atoms with Crippen LogP contribution in [0.15, 0.2) is 10.6 Å². The van der Waals surface area contributed by atoms with E-state index in [0.29, 0.717) is 11.8 Å². The molecule has 1 aromatic rings. The number of hydrogen-bond acceptors (Lipinski definition) is 3. The fourth-order valence-electron chi connectivity index (χ4n) is 5.06. The minimum atomic E-state index is -0.0874. The van der Waals surface area contributed by atoms with Crippen LogP contribution in [-0.4, -0.2) is 4.98 Å². The summed E-state index contributed by atoms with van der Waals surface area (Å²) in [4.78, 5) is 4.36. The summed E-state index contributed by atoms with van der Waals surface area (Å²) in [5, 5.41) is 0. The van der Waals surface area contributed by atoms with Crippen molar-refractivity contribution in [2.75, 3.05) is 0 Å². The molecule has 4 aliphatic carbocycles. The quantitative estimate of drug-likeness (QED) is 0.871. The van der Waals surface area contributed by atoms with E-state index in [2.05, 4.69) is 4.98 Å². The summed E-state index contributed by atoms with van der Waals surface area (Å²) in [6, 6.07) is -0.0874. The maximum absolute atomic E-state index is 5.93. The van der Waals surface area contributed by atoms with Crippen molar-refractivity contribution in [3.63, 3.8) is 0 Å². The molecular weight excluding hydrogens is 224 g/mol. The lowest BCUT2D eigenvalue weighted by molar-refractivity contribution is -0.0100. The van der Waals surface area contributed by atoms with Crippen molar-refractivity contribution in [2.45, 2.75) is 51.0 Å². The third-order valence-corrected chi connectivity index (χ3v) is 5.49. The maximum atomic E-state index is 5.93. The van der Waals surface area contributed by atoms with Crippen molar-refractivity contribution in [2.24, 2.45) is 29.4 Å². The van der Waals surface area contributed by atoms with E-state index in [-0.39, 0.29) is 6.04 Å². The first-order chi connectivity index (χ1) is 8.70. The highest BCUT2D eigenvalue weighted by molar-refractivity contribution is 5.13. The van der Waals surface area contributed by atoms with E-state index >= 15 is 0 Å². The Kier molecular flexibility index (Phi) is 2.35. The van der Waals surface area contributed by atoms with Gasteiger partial charge in [-0.3, -0.25) is 0 Å². The molecule has 5 rings (SSSR count). The second kappa shape index (κ2) is 3.83. The van der Waals surface area contributed by atoms with Gasteiger partial charge in [-0.1, -0.05) is 0 Å². The molecule has 1 aromatic heterocycles. The van der Waals surface area contributed by atoms with Gasteiger partial charge in [0.1, 0.15) is 5.76 Å². The molecule has 0 spiro atoms. The number of oxazole rings is 1.